The summed E-state index contributed by atoms with van der Waals surface area (Å²) in [5.41, 5.74) is 4.18. The predicted molar refractivity (Wildman–Crippen MR) is 110 cm³/mol. The van der Waals surface area contributed by atoms with Gasteiger partial charge in [0.05, 0.1) is 22.3 Å². The number of halogens is 2. The Bertz CT molecular complexity index is 864. The van der Waals surface area contributed by atoms with E-state index in [1.165, 1.54) is 6.21 Å². The van der Waals surface area contributed by atoms with E-state index >= 15 is 0 Å². The minimum Gasteiger partial charge on any atom is -0.494 e. The summed E-state index contributed by atoms with van der Waals surface area (Å²) >= 11 is 6.84. The van der Waals surface area contributed by atoms with Gasteiger partial charge < -0.3 is 10.1 Å². The normalized spacial score (nSPS) is 19.1. The molecular formula is C19H17Br2N3O3. The van der Waals surface area contributed by atoms with Gasteiger partial charge >= 0.3 is 0 Å². The first kappa shape index (κ1) is 19.6. The summed E-state index contributed by atoms with van der Waals surface area (Å²) in [5.74, 6) is -1.06. The van der Waals surface area contributed by atoms with Crippen LogP contribution in [0.1, 0.15) is 17.0 Å². The lowest BCUT2D eigenvalue weighted by atomic mass is 9.88. The van der Waals surface area contributed by atoms with Crippen LogP contribution in [0.2, 0.25) is 0 Å². The minimum absolute atomic E-state index is 0.210. The maximum atomic E-state index is 12.5. The number of carbonyl (C=O) groups excluding carboxylic acids is 2. The highest BCUT2D eigenvalue weighted by atomic mass is 79.9. The van der Waals surface area contributed by atoms with Crippen LogP contribution in [-0.4, -0.2) is 31.7 Å². The molecule has 0 unspecified atom stereocenters. The highest BCUT2D eigenvalue weighted by Gasteiger charge is 2.40. The van der Waals surface area contributed by atoms with Crippen LogP contribution < -0.4 is 15.5 Å². The molecule has 1 fully saturated rings. The van der Waals surface area contributed by atoms with Gasteiger partial charge in [0.1, 0.15) is 11.7 Å². The quantitative estimate of drug-likeness (QED) is 0.380. The number of nitrogens with one attached hydrogen (secondary N) is 2. The van der Waals surface area contributed by atoms with Crippen LogP contribution in [0.4, 0.5) is 0 Å². The fraction of sp³-hybridized carbons (Fsp3) is 0.211. The number of hydrogen-bond acceptors (Lipinski definition) is 4. The van der Waals surface area contributed by atoms with Gasteiger partial charge in [0.25, 0.3) is 5.91 Å². The number of benzene rings is 2. The van der Waals surface area contributed by atoms with Gasteiger partial charge in [-0.15, -0.1) is 0 Å². The van der Waals surface area contributed by atoms with Crippen molar-refractivity contribution in [2.45, 2.75) is 5.92 Å². The number of nitrogens with zero attached hydrogens (tertiary/aromatic N) is 1. The molecule has 0 radical (unpaired) electrons. The molecule has 1 saturated heterocycles. The van der Waals surface area contributed by atoms with Crippen LogP contribution >= 0.6 is 31.9 Å². The number of hydrogen-bond donors (Lipinski definition) is 2. The molecule has 2 atom stereocenters. The van der Waals surface area contributed by atoms with E-state index in [9.17, 15) is 9.59 Å². The molecule has 27 heavy (non-hydrogen) atoms. The molecule has 2 amide bonds. The molecule has 0 bridgehead atoms. The Morgan fingerprint density at radius 3 is 2.56 bits per heavy atom. The molecular weight excluding hydrogens is 478 g/mol. The van der Waals surface area contributed by atoms with Crippen LogP contribution in [-0.2, 0) is 9.59 Å². The van der Waals surface area contributed by atoms with E-state index in [0.717, 1.165) is 20.1 Å². The maximum Gasteiger partial charge on any atom is 0.253 e. The van der Waals surface area contributed by atoms with Gasteiger partial charge in [-0.25, -0.2) is 5.43 Å². The number of carbonyl (C=O) groups is 2. The molecule has 0 aromatic heterocycles. The molecule has 3 rings (SSSR count). The summed E-state index contributed by atoms with van der Waals surface area (Å²) in [6, 6.07) is 13.2. The zero-order valence-corrected chi connectivity index (χ0v) is 17.6. The topological polar surface area (TPSA) is 79.8 Å². The molecule has 1 heterocycles. The van der Waals surface area contributed by atoms with Crippen LogP contribution in [0.3, 0.4) is 0 Å². The van der Waals surface area contributed by atoms with Crippen molar-refractivity contribution in [1.29, 1.82) is 0 Å². The average Bonchev–Trinajstić information content (AvgIpc) is 3.04. The number of methoxy groups -OCH3 is 1. The molecule has 0 aliphatic carbocycles. The molecule has 2 aromatic carbocycles. The zero-order chi connectivity index (χ0) is 19.4. The molecule has 0 spiro atoms. The highest BCUT2D eigenvalue weighted by molar-refractivity contribution is 9.11. The van der Waals surface area contributed by atoms with E-state index in [2.05, 4.69) is 47.7 Å². The number of hydrazone groups is 1. The fourth-order valence-electron chi connectivity index (χ4n) is 3.02. The summed E-state index contributed by atoms with van der Waals surface area (Å²) in [6.07, 6.45) is 1.51. The zero-order valence-electron chi connectivity index (χ0n) is 14.4. The Hall–Kier alpha value is -2.19. The Morgan fingerprint density at radius 1 is 1.26 bits per heavy atom. The van der Waals surface area contributed by atoms with Crippen molar-refractivity contribution in [3.05, 3.63) is 62.5 Å². The number of ether oxygens (including phenoxy) is 1. The van der Waals surface area contributed by atoms with Gasteiger partial charge in [0.15, 0.2) is 0 Å². The Balaban J connectivity index is 1.71. The second-order valence-electron chi connectivity index (χ2n) is 5.99. The third kappa shape index (κ3) is 4.39. The van der Waals surface area contributed by atoms with Crippen molar-refractivity contribution in [3.63, 3.8) is 0 Å². The van der Waals surface area contributed by atoms with E-state index < -0.39 is 11.8 Å². The van der Waals surface area contributed by atoms with E-state index in [1.807, 2.05) is 42.5 Å². The standard InChI is InChI=1S/C19H17Br2N3O3/c1-27-17-14(20)7-11(8-15(17)21)9-23-24-19(26)16-13(10-22-18(16)25)12-5-3-2-4-6-12/h2-9,13,16H,10H2,1H3,(H,22,25)(H,24,26)/b23-9+/t13-,16-/m1/s1. The fourth-order valence-corrected chi connectivity index (χ4v) is 4.57. The van der Waals surface area contributed by atoms with E-state index in [4.69, 9.17) is 4.74 Å². The number of amides is 2. The van der Waals surface area contributed by atoms with E-state index in [0.29, 0.717) is 12.3 Å². The molecule has 1 aliphatic heterocycles. The van der Waals surface area contributed by atoms with E-state index in [-0.39, 0.29) is 11.8 Å². The molecule has 8 heteroatoms. The van der Waals surface area contributed by atoms with Gasteiger partial charge in [0.2, 0.25) is 5.91 Å². The molecule has 6 nitrogen and oxygen atoms in total. The average molecular weight is 495 g/mol. The Morgan fingerprint density at radius 2 is 1.93 bits per heavy atom. The molecule has 2 aromatic rings. The summed E-state index contributed by atoms with van der Waals surface area (Å²) < 4.78 is 6.77. The lowest BCUT2D eigenvalue weighted by Crippen LogP contribution is -2.34. The summed E-state index contributed by atoms with van der Waals surface area (Å²) in [7, 11) is 1.58. The first-order chi connectivity index (χ1) is 13.0. The Kier molecular flexibility index (Phi) is 6.28. The second-order valence-corrected chi connectivity index (χ2v) is 7.70. The van der Waals surface area contributed by atoms with Gasteiger partial charge in [-0.1, -0.05) is 30.3 Å². The first-order valence-corrected chi connectivity index (χ1v) is 9.78. The van der Waals surface area contributed by atoms with Crippen molar-refractivity contribution in [3.8, 4) is 5.75 Å². The van der Waals surface area contributed by atoms with Gasteiger partial charge in [0, 0.05) is 12.5 Å². The molecule has 2 N–H and O–H groups in total. The lowest BCUT2D eigenvalue weighted by molar-refractivity contribution is -0.133. The van der Waals surface area contributed by atoms with E-state index in [1.54, 1.807) is 7.11 Å². The largest absolute Gasteiger partial charge is 0.494 e. The summed E-state index contributed by atoms with van der Waals surface area (Å²) in [4.78, 5) is 24.7. The van der Waals surface area contributed by atoms with Crippen molar-refractivity contribution >= 4 is 49.9 Å². The van der Waals surface area contributed by atoms with Crippen molar-refractivity contribution < 1.29 is 14.3 Å². The van der Waals surface area contributed by atoms with Crippen LogP contribution in [0, 0.1) is 5.92 Å². The summed E-state index contributed by atoms with van der Waals surface area (Å²) in [5, 5.41) is 6.76. The van der Waals surface area contributed by atoms with Crippen molar-refractivity contribution in [1.82, 2.24) is 10.7 Å². The van der Waals surface area contributed by atoms with Crippen molar-refractivity contribution in [2.75, 3.05) is 13.7 Å². The SMILES string of the molecule is COc1c(Br)cc(/C=N/NC(=O)[C@H]2C(=O)NC[C@@H]2c2ccccc2)cc1Br. The maximum absolute atomic E-state index is 12.5. The van der Waals surface area contributed by atoms with Crippen LogP contribution in [0.25, 0.3) is 0 Å². The number of rotatable bonds is 5. The minimum atomic E-state index is -0.807. The first-order valence-electron chi connectivity index (χ1n) is 8.20. The van der Waals surface area contributed by atoms with Crippen LogP contribution in [0.15, 0.2) is 56.5 Å². The predicted octanol–water partition coefficient (Wildman–Crippen LogP) is 3.20. The Labute approximate surface area is 173 Å². The third-order valence-electron chi connectivity index (χ3n) is 4.30. The molecule has 1 aliphatic rings. The van der Waals surface area contributed by atoms with Crippen molar-refractivity contribution in [2.24, 2.45) is 11.0 Å². The molecule has 140 valence electrons. The highest BCUT2D eigenvalue weighted by Crippen LogP contribution is 2.34. The second kappa shape index (κ2) is 8.67. The van der Waals surface area contributed by atoms with Gasteiger partial charge in [-0.3, -0.25) is 9.59 Å². The van der Waals surface area contributed by atoms with Gasteiger partial charge in [-0.2, -0.15) is 5.10 Å². The monoisotopic (exact) mass is 493 g/mol. The van der Waals surface area contributed by atoms with Gasteiger partial charge in [-0.05, 0) is 55.1 Å². The summed E-state index contributed by atoms with van der Waals surface area (Å²) in [6.45, 7) is 0.434. The third-order valence-corrected chi connectivity index (χ3v) is 5.48. The molecule has 0 saturated carbocycles. The smallest absolute Gasteiger partial charge is 0.253 e. The lowest BCUT2D eigenvalue weighted by Gasteiger charge is -2.15. The van der Waals surface area contributed by atoms with Crippen LogP contribution in [0.5, 0.6) is 5.75 Å².